The summed E-state index contributed by atoms with van der Waals surface area (Å²) >= 11 is 0. The Balaban J connectivity index is 1.25. The number of likely N-dealkylation sites (tertiary alicyclic amines) is 1. The summed E-state index contributed by atoms with van der Waals surface area (Å²) in [6, 6.07) is 7.71. The van der Waals surface area contributed by atoms with E-state index in [9.17, 15) is 14.4 Å². The van der Waals surface area contributed by atoms with Crippen LogP contribution in [0.3, 0.4) is 0 Å². The van der Waals surface area contributed by atoms with E-state index in [2.05, 4.69) is 17.5 Å². The van der Waals surface area contributed by atoms with Crippen molar-refractivity contribution in [1.29, 1.82) is 0 Å². The monoisotopic (exact) mass is 364 g/mol. The van der Waals surface area contributed by atoms with E-state index in [4.69, 9.17) is 0 Å². The number of carbonyl (C=O) groups is 3. The molecule has 6 atom stereocenters. The molecule has 4 aliphatic carbocycles. The number of carbonyl (C=O) groups excluding carboxylic acids is 3. The van der Waals surface area contributed by atoms with Crippen LogP contribution in [0.15, 0.2) is 36.4 Å². The highest BCUT2D eigenvalue weighted by Crippen LogP contribution is 2.65. The second kappa shape index (κ2) is 6.04. The molecule has 0 unspecified atom stereocenters. The topological polar surface area (TPSA) is 66.5 Å². The van der Waals surface area contributed by atoms with Crippen LogP contribution in [0.1, 0.15) is 25.3 Å². The molecule has 5 aliphatic rings. The standard InChI is InChI=1S/C22H24N2O3/c1-2-12-5-3-4-6-17(12)23-18(25)9-10-24-21(26)19-13-7-8-14(16-11-15(13)16)20(19)22(24)27/h3-8,13-16,19-20H,2,9-11H2,1H3,(H,23,25)/t13-,14-,15-,16-,19-,20+/m1/s1. The predicted octanol–water partition coefficient (Wildman–Crippen LogP) is 2.63. The highest BCUT2D eigenvalue weighted by molar-refractivity contribution is 6.06. The van der Waals surface area contributed by atoms with Crippen LogP contribution in [0.4, 0.5) is 5.69 Å². The molecule has 27 heavy (non-hydrogen) atoms. The molecule has 0 aromatic heterocycles. The molecule has 1 aliphatic heterocycles. The Bertz CT molecular complexity index is 825. The van der Waals surface area contributed by atoms with Gasteiger partial charge in [-0.3, -0.25) is 19.3 Å². The summed E-state index contributed by atoms with van der Waals surface area (Å²) in [5.74, 6) is 1.04. The van der Waals surface area contributed by atoms with E-state index in [0.29, 0.717) is 11.8 Å². The minimum Gasteiger partial charge on any atom is -0.326 e. The lowest BCUT2D eigenvalue weighted by Gasteiger charge is -2.37. The number of allylic oxidation sites excluding steroid dienone is 2. The average Bonchev–Trinajstić information content (AvgIpc) is 3.46. The van der Waals surface area contributed by atoms with Crippen LogP contribution in [0.5, 0.6) is 0 Å². The van der Waals surface area contributed by atoms with Gasteiger partial charge in [0.05, 0.1) is 11.8 Å². The number of anilines is 1. The van der Waals surface area contributed by atoms with Crippen LogP contribution in [0.25, 0.3) is 0 Å². The van der Waals surface area contributed by atoms with Crippen LogP contribution in [-0.2, 0) is 20.8 Å². The van der Waals surface area contributed by atoms with Crippen molar-refractivity contribution < 1.29 is 14.4 Å². The van der Waals surface area contributed by atoms with E-state index in [0.717, 1.165) is 24.1 Å². The maximum atomic E-state index is 12.9. The van der Waals surface area contributed by atoms with E-state index in [1.807, 2.05) is 31.2 Å². The van der Waals surface area contributed by atoms with E-state index in [1.165, 1.54) is 4.90 Å². The maximum Gasteiger partial charge on any atom is 0.233 e. The third kappa shape index (κ3) is 2.47. The smallest absolute Gasteiger partial charge is 0.233 e. The first-order chi connectivity index (χ1) is 13.1. The number of aryl methyl sites for hydroxylation is 1. The van der Waals surface area contributed by atoms with Gasteiger partial charge in [0.25, 0.3) is 0 Å². The molecule has 1 aromatic carbocycles. The number of hydrogen-bond acceptors (Lipinski definition) is 3. The van der Waals surface area contributed by atoms with Gasteiger partial charge in [-0.2, -0.15) is 0 Å². The molecular weight excluding hydrogens is 340 g/mol. The molecule has 2 bridgehead atoms. The van der Waals surface area contributed by atoms with Crippen molar-refractivity contribution in [1.82, 2.24) is 4.90 Å². The fourth-order valence-electron chi connectivity index (χ4n) is 5.62. The third-order valence-electron chi connectivity index (χ3n) is 6.99. The minimum atomic E-state index is -0.180. The highest BCUT2D eigenvalue weighted by atomic mass is 16.2. The molecular formula is C22H24N2O3. The quantitative estimate of drug-likeness (QED) is 0.645. The van der Waals surface area contributed by atoms with Crippen molar-refractivity contribution in [3.8, 4) is 0 Å². The van der Waals surface area contributed by atoms with E-state index >= 15 is 0 Å². The van der Waals surface area contributed by atoms with Crippen LogP contribution in [-0.4, -0.2) is 29.2 Å². The highest BCUT2D eigenvalue weighted by Gasteiger charge is 2.66. The third-order valence-corrected chi connectivity index (χ3v) is 6.99. The number of nitrogens with one attached hydrogen (secondary N) is 1. The molecule has 1 aromatic rings. The largest absolute Gasteiger partial charge is 0.326 e. The SMILES string of the molecule is CCc1ccccc1NC(=O)CCN1C(=O)[C@@H]2[C@@H]3C=C[C@H]([C@H]4C[C@H]34)[C@@H]2C1=O. The normalized spacial score (nSPS) is 35.2. The Morgan fingerprint density at radius 1 is 1.07 bits per heavy atom. The van der Waals surface area contributed by atoms with Gasteiger partial charge >= 0.3 is 0 Å². The van der Waals surface area contributed by atoms with Crippen molar-refractivity contribution in [2.24, 2.45) is 35.5 Å². The molecule has 1 saturated heterocycles. The zero-order chi connectivity index (χ0) is 18.7. The molecule has 5 nitrogen and oxygen atoms in total. The number of para-hydroxylation sites is 1. The lowest BCUT2D eigenvalue weighted by atomic mass is 9.63. The average molecular weight is 364 g/mol. The van der Waals surface area contributed by atoms with Gasteiger partial charge in [-0.1, -0.05) is 37.3 Å². The first kappa shape index (κ1) is 16.7. The Morgan fingerprint density at radius 2 is 1.70 bits per heavy atom. The Labute approximate surface area is 158 Å². The molecule has 140 valence electrons. The second-order valence-electron chi connectivity index (χ2n) is 8.29. The van der Waals surface area contributed by atoms with Gasteiger partial charge in [-0.25, -0.2) is 0 Å². The number of benzene rings is 1. The van der Waals surface area contributed by atoms with E-state index in [-0.39, 0.29) is 54.4 Å². The molecule has 1 N–H and O–H groups in total. The first-order valence-corrected chi connectivity index (χ1v) is 10.0. The number of hydrogen-bond donors (Lipinski definition) is 1. The molecule has 5 heteroatoms. The Kier molecular flexibility index (Phi) is 3.74. The van der Waals surface area contributed by atoms with Crippen LogP contribution < -0.4 is 5.32 Å². The number of nitrogens with zero attached hydrogens (tertiary/aromatic N) is 1. The first-order valence-electron chi connectivity index (χ1n) is 10.0. The summed E-state index contributed by atoms with van der Waals surface area (Å²) in [5, 5.41) is 2.92. The van der Waals surface area contributed by atoms with Crippen molar-refractivity contribution in [3.05, 3.63) is 42.0 Å². The van der Waals surface area contributed by atoms with Gasteiger partial charge in [-0.15, -0.1) is 0 Å². The van der Waals surface area contributed by atoms with Crippen molar-refractivity contribution in [2.45, 2.75) is 26.2 Å². The molecule has 2 saturated carbocycles. The lowest BCUT2D eigenvalue weighted by Crippen LogP contribution is -2.40. The van der Waals surface area contributed by atoms with Crippen LogP contribution in [0.2, 0.25) is 0 Å². The van der Waals surface area contributed by atoms with Crippen LogP contribution >= 0.6 is 0 Å². The molecule has 3 fully saturated rings. The zero-order valence-electron chi connectivity index (χ0n) is 15.4. The predicted molar refractivity (Wildman–Crippen MR) is 100 cm³/mol. The molecule has 1 heterocycles. The minimum absolute atomic E-state index is 0.0588. The summed E-state index contributed by atoms with van der Waals surface area (Å²) in [6.45, 7) is 2.22. The number of amides is 3. The summed E-state index contributed by atoms with van der Waals surface area (Å²) < 4.78 is 0. The van der Waals surface area contributed by atoms with Gasteiger partial charge in [0.2, 0.25) is 17.7 Å². The fourth-order valence-corrected chi connectivity index (χ4v) is 5.62. The van der Waals surface area contributed by atoms with Gasteiger partial charge in [0, 0.05) is 18.7 Å². The van der Waals surface area contributed by atoms with Crippen molar-refractivity contribution in [3.63, 3.8) is 0 Å². The lowest BCUT2D eigenvalue weighted by molar-refractivity contribution is -0.140. The molecule has 6 rings (SSSR count). The Hall–Kier alpha value is -2.43. The maximum absolute atomic E-state index is 12.9. The van der Waals surface area contributed by atoms with E-state index < -0.39 is 0 Å². The van der Waals surface area contributed by atoms with Gasteiger partial charge in [0.1, 0.15) is 0 Å². The molecule has 0 spiro atoms. The fraction of sp³-hybridized carbons (Fsp3) is 0.500. The van der Waals surface area contributed by atoms with Gasteiger partial charge in [0.15, 0.2) is 0 Å². The van der Waals surface area contributed by atoms with Crippen molar-refractivity contribution >= 4 is 23.4 Å². The molecule has 0 radical (unpaired) electrons. The van der Waals surface area contributed by atoms with Gasteiger partial charge < -0.3 is 5.32 Å². The molecule has 3 amide bonds. The van der Waals surface area contributed by atoms with E-state index in [1.54, 1.807) is 0 Å². The summed E-state index contributed by atoms with van der Waals surface area (Å²) in [7, 11) is 0. The number of imide groups is 1. The summed E-state index contributed by atoms with van der Waals surface area (Å²) in [4.78, 5) is 39.6. The second-order valence-corrected chi connectivity index (χ2v) is 8.29. The van der Waals surface area contributed by atoms with Crippen molar-refractivity contribution in [2.75, 3.05) is 11.9 Å². The summed E-state index contributed by atoms with van der Waals surface area (Å²) in [6.07, 6.45) is 6.48. The van der Waals surface area contributed by atoms with Gasteiger partial charge in [-0.05, 0) is 48.1 Å². The number of rotatable bonds is 5. The zero-order valence-corrected chi connectivity index (χ0v) is 15.4. The summed E-state index contributed by atoms with van der Waals surface area (Å²) in [5.41, 5.74) is 1.88. The Morgan fingerprint density at radius 3 is 2.33 bits per heavy atom. The van der Waals surface area contributed by atoms with Crippen LogP contribution in [0, 0.1) is 35.5 Å².